The standard InChI is InChI=1S/C15H13BrClFO/c1-9-12(3-2-4-14(9)17)15(19)7-10-5-6-11(18)8-13(10)16/h2-6,8,15,19H,7H2,1H3. The molecule has 4 heteroatoms. The molecule has 0 bridgehead atoms. The monoisotopic (exact) mass is 342 g/mol. The number of aliphatic hydroxyl groups excluding tert-OH is 1. The fraction of sp³-hybridized carbons (Fsp3) is 0.200. The zero-order valence-corrected chi connectivity index (χ0v) is 12.7. The molecule has 0 saturated carbocycles. The number of rotatable bonds is 3. The maximum Gasteiger partial charge on any atom is 0.124 e. The van der Waals surface area contributed by atoms with Crippen molar-refractivity contribution >= 4 is 27.5 Å². The van der Waals surface area contributed by atoms with E-state index in [1.807, 2.05) is 19.1 Å². The lowest BCUT2D eigenvalue weighted by molar-refractivity contribution is 0.177. The first-order chi connectivity index (χ1) is 8.99. The average molecular weight is 344 g/mol. The Labute approximate surface area is 125 Å². The minimum Gasteiger partial charge on any atom is -0.388 e. The molecule has 0 saturated heterocycles. The molecule has 0 amide bonds. The van der Waals surface area contributed by atoms with Gasteiger partial charge in [-0.2, -0.15) is 0 Å². The maximum atomic E-state index is 13.0. The van der Waals surface area contributed by atoms with Crippen LogP contribution in [0.3, 0.4) is 0 Å². The Morgan fingerprint density at radius 1 is 1.32 bits per heavy atom. The van der Waals surface area contributed by atoms with Gasteiger partial charge in [0.15, 0.2) is 0 Å². The van der Waals surface area contributed by atoms with Gasteiger partial charge in [-0.3, -0.25) is 0 Å². The molecular weight excluding hydrogens is 331 g/mol. The second-order valence-corrected chi connectivity index (χ2v) is 5.67. The van der Waals surface area contributed by atoms with Crippen molar-refractivity contribution in [1.29, 1.82) is 0 Å². The highest BCUT2D eigenvalue weighted by molar-refractivity contribution is 9.10. The summed E-state index contributed by atoms with van der Waals surface area (Å²) in [5.74, 6) is -0.302. The quantitative estimate of drug-likeness (QED) is 0.846. The molecule has 0 heterocycles. The van der Waals surface area contributed by atoms with Gasteiger partial charge in [-0.05, 0) is 41.8 Å². The lowest BCUT2D eigenvalue weighted by Crippen LogP contribution is -2.05. The Bertz CT molecular complexity index is 601. The lowest BCUT2D eigenvalue weighted by atomic mass is 9.98. The molecule has 0 aliphatic carbocycles. The fourth-order valence-corrected chi connectivity index (χ4v) is 2.69. The molecule has 0 aromatic heterocycles. The minimum absolute atomic E-state index is 0.302. The molecule has 2 aromatic carbocycles. The second-order valence-electron chi connectivity index (χ2n) is 4.41. The van der Waals surface area contributed by atoms with E-state index in [1.165, 1.54) is 12.1 Å². The molecule has 0 radical (unpaired) electrons. The molecule has 2 aromatic rings. The van der Waals surface area contributed by atoms with Crippen molar-refractivity contribution in [2.75, 3.05) is 0 Å². The zero-order valence-electron chi connectivity index (χ0n) is 10.3. The minimum atomic E-state index is -0.666. The summed E-state index contributed by atoms with van der Waals surface area (Å²) in [4.78, 5) is 0. The molecule has 1 unspecified atom stereocenters. The zero-order chi connectivity index (χ0) is 14.0. The van der Waals surface area contributed by atoms with E-state index in [1.54, 1.807) is 12.1 Å². The third-order valence-corrected chi connectivity index (χ3v) is 4.24. The molecular formula is C15H13BrClFO. The maximum absolute atomic E-state index is 13.0. The van der Waals surface area contributed by atoms with Gasteiger partial charge in [0, 0.05) is 15.9 Å². The van der Waals surface area contributed by atoms with Crippen LogP contribution < -0.4 is 0 Å². The van der Waals surface area contributed by atoms with Crippen LogP contribution in [0.1, 0.15) is 22.8 Å². The molecule has 0 fully saturated rings. The SMILES string of the molecule is Cc1c(Cl)cccc1C(O)Cc1ccc(F)cc1Br. The van der Waals surface area contributed by atoms with Gasteiger partial charge in [0.25, 0.3) is 0 Å². The van der Waals surface area contributed by atoms with Gasteiger partial charge in [-0.25, -0.2) is 4.39 Å². The third-order valence-electron chi connectivity index (χ3n) is 3.10. The van der Waals surface area contributed by atoms with Crippen molar-refractivity contribution in [3.05, 3.63) is 68.4 Å². The molecule has 1 nitrogen and oxygen atoms in total. The summed E-state index contributed by atoms with van der Waals surface area (Å²) in [5.41, 5.74) is 2.52. The van der Waals surface area contributed by atoms with Crippen molar-refractivity contribution in [1.82, 2.24) is 0 Å². The largest absolute Gasteiger partial charge is 0.388 e. The summed E-state index contributed by atoms with van der Waals surface area (Å²) in [7, 11) is 0. The summed E-state index contributed by atoms with van der Waals surface area (Å²) in [6, 6.07) is 9.91. The van der Waals surface area contributed by atoms with Crippen LogP contribution >= 0.6 is 27.5 Å². The summed E-state index contributed by atoms with van der Waals surface area (Å²) < 4.78 is 13.7. The van der Waals surface area contributed by atoms with Crippen molar-refractivity contribution < 1.29 is 9.50 Å². The smallest absolute Gasteiger partial charge is 0.124 e. The second kappa shape index (κ2) is 6.04. The van der Waals surface area contributed by atoms with Crippen LogP contribution in [0.5, 0.6) is 0 Å². The molecule has 1 atom stereocenters. The molecule has 0 aliphatic rings. The Kier molecular flexibility index (Phi) is 4.61. The average Bonchev–Trinajstić information content (AvgIpc) is 2.36. The van der Waals surface area contributed by atoms with Gasteiger partial charge in [0.1, 0.15) is 5.82 Å². The number of halogens is 3. The molecule has 100 valence electrons. The summed E-state index contributed by atoms with van der Waals surface area (Å²) in [6.45, 7) is 1.88. The van der Waals surface area contributed by atoms with E-state index in [2.05, 4.69) is 15.9 Å². The number of benzene rings is 2. The van der Waals surface area contributed by atoms with Crippen LogP contribution in [0.2, 0.25) is 5.02 Å². The third kappa shape index (κ3) is 3.35. The van der Waals surface area contributed by atoms with Gasteiger partial charge in [-0.15, -0.1) is 0 Å². The van der Waals surface area contributed by atoms with E-state index in [9.17, 15) is 9.50 Å². The highest BCUT2D eigenvalue weighted by Crippen LogP contribution is 2.28. The number of aliphatic hydroxyl groups is 1. The van der Waals surface area contributed by atoms with Gasteiger partial charge < -0.3 is 5.11 Å². The van der Waals surface area contributed by atoms with Crippen LogP contribution in [0.25, 0.3) is 0 Å². The Morgan fingerprint density at radius 3 is 2.74 bits per heavy atom. The lowest BCUT2D eigenvalue weighted by Gasteiger charge is -2.15. The van der Waals surface area contributed by atoms with E-state index < -0.39 is 6.10 Å². The van der Waals surface area contributed by atoms with E-state index in [4.69, 9.17) is 11.6 Å². The number of hydrogen-bond acceptors (Lipinski definition) is 1. The Morgan fingerprint density at radius 2 is 2.05 bits per heavy atom. The van der Waals surface area contributed by atoms with Crippen LogP contribution in [0.15, 0.2) is 40.9 Å². The first-order valence-corrected chi connectivity index (χ1v) is 7.03. The van der Waals surface area contributed by atoms with E-state index in [-0.39, 0.29) is 5.82 Å². The van der Waals surface area contributed by atoms with E-state index in [0.717, 1.165) is 16.7 Å². The normalized spacial score (nSPS) is 12.5. The van der Waals surface area contributed by atoms with Crippen LogP contribution in [-0.4, -0.2) is 5.11 Å². The highest BCUT2D eigenvalue weighted by Gasteiger charge is 2.14. The highest BCUT2D eigenvalue weighted by atomic mass is 79.9. The van der Waals surface area contributed by atoms with Gasteiger partial charge in [0.05, 0.1) is 6.10 Å². The van der Waals surface area contributed by atoms with Gasteiger partial charge >= 0.3 is 0 Å². The van der Waals surface area contributed by atoms with Gasteiger partial charge in [0.2, 0.25) is 0 Å². The van der Waals surface area contributed by atoms with Crippen LogP contribution in [0.4, 0.5) is 4.39 Å². The Balaban J connectivity index is 2.25. The molecule has 19 heavy (non-hydrogen) atoms. The summed E-state index contributed by atoms with van der Waals surface area (Å²) in [6.07, 6.45) is -0.261. The van der Waals surface area contributed by atoms with E-state index in [0.29, 0.717) is 15.9 Å². The molecule has 2 rings (SSSR count). The van der Waals surface area contributed by atoms with Crippen molar-refractivity contribution in [3.8, 4) is 0 Å². The fourth-order valence-electron chi connectivity index (χ4n) is 1.99. The first-order valence-electron chi connectivity index (χ1n) is 5.86. The van der Waals surface area contributed by atoms with Crippen LogP contribution in [0, 0.1) is 12.7 Å². The summed E-state index contributed by atoms with van der Waals surface area (Å²) in [5, 5.41) is 10.9. The predicted octanol–water partition coefficient (Wildman–Crippen LogP) is 4.83. The Hall–Kier alpha value is -0.900. The van der Waals surface area contributed by atoms with Crippen molar-refractivity contribution in [2.45, 2.75) is 19.4 Å². The molecule has 1 N–H and O–H groups in total. The van der Waals surface area contributed by atoms with Crippen molar-refractivity contribution in [3.63, 3.8) is 0 Å². The van der Waals surface area contributed by atoms with Crippen LogP contribution in [-0.2, 0) is 6.42 Å². The van der Waals surface area contributed by atoms with E-state index >= 15 is 0 Å². The topological polar surface area (TPSA) is 20.2 Å². The molecule has 0 aliphatic heterocycles. The predicted molar refractivity (Wildman–Crippen MR) is 79.0 cm³/mol. The molecule has 0 spiro atoms. The first kappa shape index (κ1) is 14.5. The summed E-state index contributed by atoms with van der Waals surface area (Å²) >= 11 is 9.35. The number of hydrogen-bond donors (Lipinski definition) is 1. The van der Waals surface area contributed by atoms with Crippen molar-refractivity contribution in [2.24, 2.45) is 0 Å². The van der Waals surface area contributed by atoms with Gasteiger partial charge in [-0.1, -0.05) is 45.7 Å².